The molecule has 0 bridgehead atoms. The van der Waals surface area contributed by atoms with E-state index in [9.17, 15) is 4.39 Å². The molecule has 0 aliphatic carbocycles. The Morgan fingerprint density at radius 3 is 2.59 bits per heavy atom. The summed E-state index contributed by atoms with van der Waals surface area (Å²) in [5, 5.41) is 15.6. The summed E-state index contributed by atoms with van der Waals surface area (Å²) in [4.78, 5) is 4.58. The molecule has 2 aromatic carbocycles. The molecule has 138 valence electrons. The topological polar surface area (TPSA) is 79.5 Å². The van der Waals surface area contributed by atoms with Crippen LogP contribution in [0.5, 0.6) is 5.75 Å². The summed E-state index contributed by atoms with van der Waals surface area (Å²) in [5.74, 6) is 1.79. The van der Waals surface area contributed by atoms with Gasteiger partial charge >= 0.3 is 0 Å². The lowest BCUT2D eigenvalue weighted by molar-refractivity contribution is 0.386. The average Bonchev–Trinajstić information content (AvgIpc) is 3.27. The third-order valence-corrected chi connectivity index (χ3v) is 4.38. The van der Waals surface area contributed by atoms with E-state index in [2.05, 4.69) is 39.2 Å². The maximum atomic E-state index is 14.1. The highest BCUT2D eigenvalue weighted by atomic mass is 19.1. The maximum absolute atomic E-state index is 14.1. The number of nitrogens with one attached hydrogen (secondary N) is 2. The van der Waals surface area contributed by atoms with Crippen LogP contribution in [0.1, 0.15) is 19.7 Å². The zero-order chi connectivity index (χ0) is 19.0. The fourth-order valence-corrected chi connectivity index (χ4v) is 3.09. The quantitative estimate of drug-likeness (QED) is 0.551. The summed E-state index contributed by atoms with van der Waals surface area (Å²) in [6.07, 6.45) is 0.845. The first-order valence-electron chi connectivity index (χ1n) is 8.79. The Morgan fingerprint density at radius 1 is 1.04 bits per heavy atom. The molecule has 0 saturated carbocycles. The fourth-order valence-electron chi connectivity index (χ4n) is 3.09. The van der Waals surface area contributed by atoms with Crippen molar-refractivity contribution in [2.24, 2.45) is 5.92 Å². The van der Waals surface area contributed by atoms with E-state index in [1.807, 2.05) is 18.2 Å². The molecule has 6 nitrogen and oxygen atoms in total. The van der Waals surface area contributed by atoms with Crippen molar-refractivity contribution < 1.29 is 9.13 Å². The molecule has 0 spiro atoms. The lowest BCUT2D eigenvalue weighted by Gasteiger charge is -2.04. The smallest absolute Gasteiger partial charge is 0.181 e. The standard InChI is InChI=1S/C20H20FN5O/c1-11(2)8-18-22-20(26-24-18)13-4-6-16-14(9-13)19(25-23-16)12-5-7-17(27-3)15(21)10-12/h4-7,9-11H,8H2,1-3H3,(H,23,25)(H,22,24,26). The van der Waals surface area contributed by atoms with Gasteiger partial charge in [-0.1, -0.05) is 13.8 Å². The van der Waals surface area contributed by atoms with Gasteiger partial charge in [0, 0.05) is 22.9 Å². The molecule has 0 radical (unpaired) electrons. The number of hydrogen-bond donors (Lipinski definition) is 2. The van der Waals surface area contributed by atoms with Crippen LogP contribution in [-0.4, -0.2) is 32.5 Å². The number of halogens is 1. The second-order valence-corrected chi connectivity index (χ2v) is 6.89. The van der Waals surface area contributed by atoms with Crippen molar-refractivity contribution >= 4 is 10.9 Å². The first-order chi connectivity index (χ1) is 13.0. The Hall–Kier alpha value is -3.22. The van der Waals surface area contributed by atoms with E-state index in [1.165, 1.54) is 13.2 Å². The Bertz CT molecular complexity index is 1100. The van der Waals surface area contributed by atoms with E-state index < -0.39 is 5.82 Å². The maximum Gasteiger partial charge on any atom is 0.181 e. The van der Waals surface area contributed by atoms with Crippen LogP contribution in [0.2, 0.25) is 0 Å². The minimum Gasteiger partial charge on any atom is -0.494 e. The third kappa shape index (κ3) is 3.28. The van der Waals surface area contributed by atoms with Crippen molar-refractivity contribution in [2.75, 3.05) is 7.11 Å². The van der Waals surface area contributed by atoms with E-state index in [4.69, 9.17) is 4.74 Å². The lowest BCUT2D eigenvalue weighted by atomic mass is 10.0. The number of nitrogens with zero attached hydrogens (tertiary/aromatic N) is 3. The van der Waals surface area contributed by atoms with Gasteiger partial charge in [0.25, 0.3) is 0 Å². The molecule has 4 aromatic rings. The second kappa shape index (κ2) is 6.83. The van der Waals surface area contributed by atoms with Crippen LogP contribution in [0.3, 0.4) is 0 Å². The molecule has 4 rings (SSSR count). The number of methoxy groups -OCH3 is 1. The van der Waals surface area contributed by atoms with E-state index in [0.29, 0.717) is 23.0 Å². The van der Waals surface area contributed by atoms with Gasteiger partial charge in [-0.05, 0) is 42.3 Å². The molecule has 7 heteroatoms. The van der Waals surface area contributed by atoms with Gasteiger partial charge in [-0.3, -0.25) is 10.2 Å². The number of benzene rings is 2. The minimum absolute atomic E-state index is 0.206. The highest BCUT2D eigenvalue weighted by molar-refractivity contribution is 5.95. The number of rotatable bonds is 5. The van der Waals surface area contributed by atoms with E-state index in [-0.39, 0.29) is 5.75 Å². The molecule has 0 aliphatic rings. The Kier molecular flexibility index (Phi) is 4.35. The number of aromatic nitrogens is 5. The summed E-state index contributed by atoms with van der Waals surface area (Å²) >= 11 is 0. The number of ether oxygens (including phenoxy) is 1. The molecular weight excluding hydrogens is 345 g/mol. The fraction of sp³-hybridized carbons (Fsp3) is 0.250. The van der Waals surface area contributed by atoms with E-state index in [0.717, 1.165) is 28.7 Å². The molecule has 2 N–H and O–H groups in total. The summed E-state index contributed by atoms with van der Waals surface area (Å²) in [5.41, 5.74) is 3.09. The molecule has 0 saturated heterocycles. The van der Waals surface area contributed by atoms with Gasteiger partial charge in [0.1, 0.15) is 11.5 Å². The molecule has 27 heavy (non-hydrogen) atoms. The number of H-pyrrole nitrogens is 2. The normalized spacial score (nSPS) is 11.4. The summed E-state index contributed by atoms with van der Waals surface area (Å²) < 4.78 is 19.1. The SMILES string of the molecule is COc1ccc(-c2n[nH]c3ccc(-c4n[nH]c(CC(C)C)n4)cc23)cc1F. The predicted molar refractivity (Wildman–Crippen MR) is 102 cm³/mol. The zero-order valence-electron chi connectivity index (χ0n) is 15.4. The van der Waals surface area contributed by atoms with Crippen LogP contribution in [0.25, 0.3) is 33.5 Å². The highest BCUT2D eigenvalue weighted by Crippen LogP contribution is 2.31. The largest absolute Gasteiger partial charge is 0.494 e. The average molecular weight is 365 g/mol. The van der Waals surface area contributed by atoms with Crippen LogP contribution < -0.4 is 4.74 Å². The summed E-state index contributed by atoms with van der Waals surface area (Å²) in [7, 11) is 1.44. The Labute approximate surface area is 155 Å². The molecule has 0 atom stereocenters. The second-order valence-electron chi connectivity index (χ2n) is 6.89. The van der Waals surface area contributed by atoms with Crippen molar-refractivity contribution in [3.05, 3.63) is 48.0 Å². The molecule has 0 amide bonds. The van der Waals surface area contributed by atoms with Gasteiger partial charge in [-0.15, -0.1) is 0 Å². The summed E-state index contributed by atoms with van der Waals surface area (Å²) in [6, 6.07) is 10.7. The van der Waals surface area contributed by atoms with Crippen molar-refractivity contribution in [3.63, 3.8) is 0 Å². The van der Waals surface area contributed by atoms with Gasteiger partial charge in [-0.2, -0.15) is 10.2 Å². The van der Waals surface area contributed by atoms with Crippen LogP contribution in [0.15, 0.2) is 36.4 Å². The lowest BCUT2D eigenvalue weighted by Crippen LogP contribution is -1.95. The van der Waals surface area contributed by atoms with Gasteiger partial charge in [0.05, 0.1) is 12.6 Å². The Morgan fingerprint density at radius 2 is 1.85 bits per heavy atom. The minimum atomic E-state index is -0.422. The Balaban J connectivity index is 1.75. The van der Waals surface area contributed by atoms with Crippen molar-refractivity contribution in [3.8, 4) is 28.4 Å². The number of fused-ring (bicyclic) bond motifs is 1. The van der Waals surface area contributed by atoms with Crippen molar-refractivity contribution in [1.29, 1.82) is 0 Å². The van der Waals surface area contributed by atoms with Gasteiger partial charge < -0.3 is 4.74 Å². The zero-order valence-corrected chi connectivity index (χ0v) is 15.4. The van der Waals surface area contributed by atoms with Crippen molar-refractivity contribution in [2.45, 2.75) is 20.3 Å². The molecule has 2 aromatic heterocycles. The van der Waals surface area contributed by atoms with Crippen LogP contribution >= 0.6 is 0 Å². The molecule has 2 heterocycles. The van der Waals surface area contributed by atoms with Gasteiger partial charge in [0.2, 0.25) is 0 Å². The molecule has 0 aliphatic heterocycles. The summed E-state index contributed by atoms with van der Waals surface area (Å²) in [6.45, 7) is 4.28. The molecule has 0 fully saturated rings. The van der Waals surface area contributed by atoms with Gasteiger partial charge in [-0.25, -0.2) is 9.37 Å². The number of aromatic amines is 2. The van der Waals surface area contributed by atoms with Crippen LogP contribution in [-0.2, 0) is 6.42 Å². The first-order valence-corrected chi connectivity index (χ1v) is 8.79. The predicted octanol–water partition coefficient (Wildman–Crippen LogP) is 4.36. The van der Waals surface area contributed by atoms with Crippen LogP contribution in [0.4, 0.5) is 4.39 Å². The molecule has 0 unspecified atom stereocenters. The monoisotopic (exact) mass is 365 g/mol. The van der Waals surface area contributed by atoms with Crippen LogP contribution in [0, 0.1) is 11.7 Å². The third-order valence-electron chi connectivity index (χ3n) is 4.38. The van der Waals surface area contributed by atoms with E-state index >= 15 is 0 Å². The van der Waals surface area contributed by atoms with E-state index in [1.54, 1.807) is 12.1 Å². The first kappa shape index (κ1) is 17.2. The van der Waals surface area contributed by atoms with Crippen molar-refractivity contribution in [1.82, 2.24) is 25.4 Å². The molecular formula is C20H20FN5O. The highest BCUT2D eigenvalue weighted by Gasteiger charge is 2.14. The number of hydrogen-bond acceptors (Lipinski definition) is 4. The van der Waals surface area contributed by atoms with Gasteiger partial charge in [0.15, 0.2) is 17.4 Å².